The normalized spacial score (nSPS) is 15.0. The van der Waals surface area contributed by atoms with Crippen molar-refractivity contribution >= 4 is 29.0 Å². The Balaban J connectivity index is 1.33. The van der Waals surface area contributed by atoms with Crippen molar-refractivity contribution in [3.05, 3.63) is 71.5 Å². The van der Waals surface area contributed by atoms with E-state index in [1.807, 2.05) is 56.3 Å². The number of H-pyrrole nitrogens is 1. The average Bonchev–Trinajstić information content (AvgIpc) is 3.14. The maximum atomic E-state index is 12.7. The van der Waals surface area contributed by atoms with E-state index in [-0.39, 0.29) is 11.2 Å². The van der Waals surface area contributed by atoms with E-state index in [0.717, 1.165) is 60.6 Å². The molecule has 3 aromatic rings. The first-order valence-corrected chi connectivity index (χ1v) is 11.5. The fourth-order valence-electron chi connectivity index (χ4n) is 3.53. The highest BCUT2D eigenvalue weighted by Gasteiger charge is 2.18. The minimum atomic E-state index is -0.269. The van der Waals surface area contributed by atoms with Crippen LogP contribution in [0.3, 0.4) is 0 Å². The second-order valence-corrected chi connectivity index (χ2v) is 9.00. The number of rotatable bonds is 7. The summed E-state index contributed by atoms with van der Waals surface area (Å²) in [5.74, 6) is -0.0391. The third-order valence-electron chi connectivity index (χ3n) is 5.35. The van der Waals surface area contributed by atoms with Crippen LogP contribution in [0, 0.1) is 6.92 Å². The smallest absolute Gasteiger partial charge is 0.237 e. The predicted molar refractivity (Wildman–Crippen MR) is 126 cm³/mol. The number of morpholine rings is 1. The third kappa shape index (κ3) is 5.68. The quantitative estimate of drug-likeness (QED) is 0.542. The number of thioether (sulfide) groups is 1. The Hall–Kier alpha value is -2.77. The van der Waals surface area contributed by atoms with E-state index >= 15 is 0 Å². The topological polar surface area (TPSA) is 70.2 Å². The van der Waals surface area contributed by atoms with Gasteiger partial charge in [-0.3, -0.25) is 4.79 Å². The van der Waals surface area contributed by atoms with Gasteiger partial charge in [-0.1, -0.05) is 42.1 Å². The molecule has 1 unspecified atom stereocenters. The van der Waals surface area contributed by atoms with E-state index in [4.69, 9.17) is 9.72 Å². The Bertz CT molecular complexity index is 998. The SMILES string of the molecule is Cc1[nH]c(SC(C)C(=O)Nc2ccc(N3CCOCC3)cc2)nc1Cc1ccccc1. The van der Waals surface area contributed by atoms with Gasteiger partial charge < -0.3 is 19.9 Å². The highest BCUT2D eigenvalue weighted by atomic mass is 32.2. The molecule has 0 saturated carbocycles. The molecule has 6 nitrogen and oxygen atoms in total. The Kier molecular flexibility index (Phi) is 6.94. The van der Waals surface area contributed by atoms with Crippen LogP contribution in [0.15, 0.2) is 59.8 Å². The van der Waals surface area contributed by atoms with Crippen molar-refractivity contribution in [2.45, 2.75) is 30.7 Å². The highest BCUT2D eigenvalue weighted by molar-refractivity contribution is 8.00. The third-order valence-corrected chi connectivity index (χ3v) is 6.33. The van der Waals surface area contributed by atoms with Gasteiger partial charge in [0.15, 0.2) is 5.16 Å². The molecule has 0 spiro atoms. The maximum Gasteiger partial charge on any atom is 0.237 e. The summed E-state index contributed by atoms with van der Waals surface area (Å²) in [5.41, 5.74) is 5.23. The number of aryl methyl sites for hydroxylation is 1. The molecular weight excluding hydrogens is 408 g/mol. The number of nitrogens with zero attached hydrogens (tertiary/aromatic N) is 2. The molecule has 31 heavy (non-hydrogen) atoms. The van der Waals surface area contributed by atoms with Crippen molar-refractivity contribution in [2.24, 2.45) is 0 Å². The molecule has 1 aliphatic heterocycles. The van der Waals surface area contributed by atoms with E-state index in [9.17, 15) is 4.79 Å². The molecule has 1 aliphatic rings. The zero-order chi connectivity index (χ0) is 21.6. The van der Waals surface area contributed by atoms with Crippen LogP contribution >= 0.6 is 11.8 Å². The number of aromatic nitrogens is 2. The standard InChI is InChI=1S/C24H28N4O2S/c1-17-22(16-19-6-4-3-5-7-19)27-24(25-17)31-18(2)23(29)26-20-8-10-21(11-9-20)28-12-14-30-15-13-28/h3-11,18H,12-16H2,1-2H3,(H,25,27)(H,26,29). The summed E-state index contributed by atoms with van der Waals surface area (Å²) in [7, 11) is 0. The van der Waals surface area contributed by atoms with Gasteiger partial charge in [0.2, 0.25) is 5.91 Å². The van der Waals surface area contributed by atoms with Gasteiger partial charge in [0, 0.05) is 36.6 Å². The minimum Gasteiger partial charge on any atom is -0.378 e. The number of ether oxygens (including phenoxy) is 1. The summed E-state index contributed by atoms with van der Waals surface area (Å²) in [6, 6.07) is 18.3. The first kappa shape index (κ1) is 21.5. The summed E-state index contributed by atoms with van der Waals surface area (Å²) in [4.78, 5) is 23.0. The van der Waals surface area contributed by atoms with Gasteiger partial charge in [0.25, 0.3) is 0 Å². The number of anilines is 2. The molecule has 2 heterocycles. The summed E-state index contributed by atoms with van der Waals surface area (Å²) in [5, 5.41) is 3.51. The lowest BCUT2D eigenvalue weighted by molar-refractivity contribution is -0.115. The monoisotopic (exact) mass is 436 g/mol. The first-order valence-electron chi connectivity index (χ1n) is 10.6. The van der Waals surface area contributed by atoms with Crippen molar-refractivity contribution in [1.29, 1.82) is 0 Å². The van der Waals surface area contributed by atoms with Gasteiger partial charge >= 0.3 is 0 Å². The molecule has 1 atom stereocenters. The second-order valence-electron chi connectivity index (χ2n) is 7.67. The van der Waals surface area contributed by atoms with Crippen LogP contribution in [0.1, 0.15) is 23.9 Å². The molecule has 1 aromatic heterocycles. The number of nitrogens with one attached hydrogen (secondary N) is 2. The molecule has 0 aliphatic carbocycles. The number of imidazole rings is 1. The van der Waals surface area contributed by atoms with Gasteiger partial charge in [0.1, 0.15) is 0 Å². The molecule has 4 rings (SSSR count). The number of carbonyl (C=O) groups excluding carboxylic acids is 1. The zero-order valence-corrected chi connectivity index (χ0v) is 18.7. The molecule has 2 aromatic carbocycles. The van der Waals surface area contributed by atoms with Crippen LogP contribution in [-0.4, -0.2) is 47.4 Å². The molecule has 1 amide bonds. The molecule has 162 valence electrons. The van der Waals surface area contributed by atoms with Crippen molar-refractivity contribution in [1.82, 2.24) is 9.97 Å². The van der Waals surface area contributed by atoms with E-state index in [2.05, 4.69) is 27.3 Å². The van der Waals surface area contributed by atoms with Crippen LogP contribution in [0.4, 0.5) is 11.4 Å². The van der Waals surface area contributed by atoms with Crippen LogP contribution in [0.25, 0.3) is 0 Å². The molecule has 0 bridgehead atoms. The summed E-state index contributed by atoms with van der Waals surface area (Å²) in [6.07, 6.45) is 0.778. The number of carbonyl (C=O) groups is 1. The second kappa shape index (κ2) is 10.0. The van der Waals surface area contributed by atoms with Gasteiger partial charge in [-0.25, -0.2) is 4.98 Å². The molecule has 7 heteroatoms. The Morgan fingerprint density at radius 3 is 2.58 bits per heavy atom. The van der Waals surface area contributed by atoms with Gasteiger partial charge in [-0.15, -0.1) is 0 Å². The lowest BCUT2D eigenvalue weighted by Gasteiger charge is -2.28. The zero-order valence-electron chi connectivity index (χ0n) is 17.9. The summed E-state index contributed by atoms with van der Waals surface area (Å²) in [6.45, 7) is 7.23. The van der Waals surface area contributed by atoms with Crippen LogP contribution in [0.5, 0.6) is 0 Å². The molecule has 2 N–H and O–H groups in total. The Morgan fingerprint density at radius 2 is 1.87 bits per heavy atom. The molecule has 1 saturated heterocycles. The predicted octanol–water partition coefficient (Wildman–Crippen LogP) is 4.26. The van der Waals surface area contributed by atoms with Gasteiger partial charge in [-0.2, -0.15) is 0 Å². The Morgan fingerprint density at radius 1 is 1.16 bits per heavy atom. The molecule has 0 radical (unpaired) electrons. The van der Waals surface area contributed by atoms with Gasteiger partial charge in [0.05, 0.1) is 24.2 Å². The number of amides is 1. The lowest BCUT2D eigenvalue weighted by atomic mass is 10.1. The van der Waals surface area contributed by atoms with E-state index in [1.54, 1.807) is 0 Å². The summed E-state index contributed by atoms with van der Waals surface area (Å²) >= 11 is 1.44. The average molecular weight is 437 g/mol. The largest absolute Gasteiger partial charge is 0.378 e. The molecule has 1 fully saturated rings. The maximum absolute atomic E-state index is 12.7. The van der Waals surface area contributed by atoms with E-state index in [1.165, 1.54) is 17.3 Å². The number of hydrogen-bond acceptors (Lipinski definition) is 5. The van der Waals surface area contributed by atoms with E-state index in [0.29, 0.717) is 0 Å². The van der Waals surface area contributed by atoms with Crippen molar-refractivity contribution in [3.8, 4) is 0 Å². The Labute approximate surface area is 187 Å². The van der Waals surface area contributed by atoms with Crippen LogP contribution < -0.4 is 10.2 Å². The van der Waals surface area contributed by atoms with Crippen molar-refractivity contribution < 1.29 is 9.53 Å². The fraction of sp³-hybridized carbons (Fsp3) is 0.333. The van der Waals surface area contributed by atoms with E-state index < -0.39 is 0 Å². The van der Waals surface area contributed by atoms with Crippen molar-refractivity contribution in [3.63, 3.8) is 0 Å². The minimum absolute atomic E-state index is 0.0391. The summed E-state index contributed by atoms with van der Waals surface area (Å²) < 4.78 is 5.40. The number of benzene rings is 2. The number of aromatic amines is 1. The van der Waals surface area contributed by atoms with Crippen LogP contribution in [0.2, 0.25) is 0 Å². The van der Waals surface area contributed by atoms with Crippen LogP contribution in [-0.2, 0) is 16.0 Å². The molecular formula is C24H28N4O2S. The van der Waals surface area contributed by atoms with Gasteiger partial charge in [-0.05, 0) is 43.7 Å². The first-order chi connectivity index (χ1) is 15.1. The lowest BCUT2D eigenvalue weighted by Crippen LogP contribution is -2.36. The highest BCUT2D eigenvalue weighted by Crippen LogP contribution is 2.25. The number of hydrogen-bond donors (Lipinski definition) is 2. The fourth-order valence-corrected chi connectivity index (χ4v) is 4.40. The van der Waals surface area contributed by atoms with Crippen molar-refractivity contribution in [2.75, 3.05) is 36.5 Å².